The number of amides is 1. The molecule has 100 valence electrons. The van der Waals surface area contributed by atoms with Gasteiger partial charge in [0.2, 0.25) is 5.91 Å². The number of nitrogens with zero attached hydrogens (tertiary/aromatic N) is 1. The molecule has 6 heteroatoms. The van der Waals surface area contributed by atoms with Gasteiger partial charge >= 0.3 is 5.97 Å². The van der Waals surface area contributed by atoms with E-state index in [2.05, 4.69) is 10.3 Å². The van der Waals surface area contributed by atoms with Crippen LogP contribution in [-0.4, -0.2) is 27.5 Å². The molecule has 0 aromatic carbocycles. The summed E-state index contributed by atoms with van der Waals surface area (Å²) in [6, 6.07) is 0. The molecule has 0 unspecified atom stereocenters. The zero-order valence-corrected chi connectivity index (χ0v) is 11.4. The highest BCUT2D eigenvalue weighted by Crippen LogP contribution is 2.12. The normalized spacial score (nSPS) is 11.2. The molecular weight excluding hydrogens is 252 g/mol. The lowest BCUT2D eigenvalue weighted by Crippen LogP contribution is -2.43. The van der Waals surface area contributed by atoms with Crippen molar-refractivity contribution in [3.8, 4) is 0 Å². The molecule has 0 bridgehead atoms. The molecule has 1 rings (SSSR count). The molecule has 0 aliphatic rings. The summed E-state index contributed by atoms with van der Waals surface area (Å²) in [6.07, 6.45) is 1.47. The van der Waals surface area contributed by atoms with Crippen LogP contribution < -0.4 is 5.32 Å². The maximum Gasteiger partial charge on any atom is 0.303 e. The third-order valence-corrected chi connectivity index (χ3v) is 3.17. The van der Waals surface area contributed by atoms with Crippen LogP contribution in [0.1, 0.15) is 38.8 Å². The first kappa shape index (κ1) is 14.6. The Morgan fingerprint density at radius 1 is 1.44 bits per heavy atom. The molecule has 0 spiro atoms. The number of carboxylic acid groups (broad SMARTS) is 1. The topological polar surface area (TPSA) is 79.3 Å². The van der Waals surface area contributed by atoms with Gasteiger partial charge in [0.05, 0.1) is 11.2 Å². The van der Waals surface area contributed by atoms with E-state index >= 15 is 0 Å². The Hall–Kier alpha value is -1.43. The molecular formula is C12H18N2O3S. The molecule has 1 amide bonds. The van der Waals surface area contributed by atoms with Crippen molar-refractivity contribution in [2.45, 2.75) is 45.1 Å². The smallest absolute Gasteiger partial charge is 0.303 e. The van der Waals surface area contributed by atoms with Crippen LogP contribution in [0.3, 0.4) is 0 Å². The maximum absolute atomic E-state index is 11.7. The van der Waals surface area contributed by atoms with Crippen molar-refractivity contribution >= 4 is 23.2 Å². The summed E-state index contributed by atoms with van der Waals surface area (Å²) < 4.78 is 0. The van der Waals surface area contributed by atoms with Crippen LogP contribution >= 0.6 is 11.3 Å². The van der Waals surface area contributed by atoms with E-state index in [4.69, 9.17) is 5.11 Å². The number of nitrogens with one attached hydrogen (secondary N) is 1. The Morgan fingerprint density at radius 2 is 2.17 bits per heavy atom. The van der Waals surface area contributed by atoms with Gasteiger partial charge in [0.15, 0.2) is 0 Å². The monoisotopic (exact) mass is 270 g/mol. The van der Waals surface area contributed by atoms with Gasteiger partial charge in [0, 0.05) is 23.8 Å². The minimum Gasteiger partial charge on any atom is -0.481 e. The van der Waals surface area contributed by atoms with Crippen molar-refractivity contribution in [3.05, 3.63) is 16.6 Å². The Balaban J connectivity index is 2.31. The van der Waals surface area contributed by atoms with Crippen LogP contribution in [0.25, 0.3) is 0 Å². The van der Waals surface area contributed by atoms with Gasteiger partial charge in [-0.15, -0.1) is 11.3 Å². The molecule has 0 atom stereocenters. The molecule has 0 aliphatic carbocycles. The predicted molar refractivity (Wildman–Crippen MR) is 69.5 cm³/mol. The van der Waals surface area contributed by atoms with Crippen LogP contribution in [0.2, 0.25) is 0 Å². The molecule has 1 aromatic rings. The van der Waals surface area contributed by atoms with Crippen LogP contribution in [-0.2, 0) is 16.0 Å². The highest BCUT2D eigenvalue weighted by molar-refractivity contribution is 7.07. The number of hydrogen-bond acceptors (Lipinski definition) is 4. The molecule has 1 heterocycles. The second-order valence-corrected chi connectivity index (χ2v) is 5.52. The minimum atomic E-state index is -0.847. The Labute approximate surface area is 110 Å². The first-order valence-electron chi connectivity index (χ1n) is 5.79. The van der Waals surface area contributed by atoms with Crippen molar-refractivity contribution in [1.29, 1.82) is 0 Å². The summed E-state index contributed by atoms with van der Waals surface area (Å²) in [6.45, 7) is 3.66. The molecule has 0 fully saturated rings. The fourth-order valence-electron chi connectivity index (χ4n) is 1.52. The number of carboxylic acids is 1. The van der Waals surface area contributed by atoms with E-state index in [9.17, 15) is 9.59 Å². The number of rotatable bonds is 7. The van der Waals surface area contributed by atoms with Gasteiger partial charge in [-0.3, -0.25) is 9.59 Å². The summed E-state index contributed by atoms with van der Waals surface area (Å²) in [5.74, 6) is -0.918. The van der Waals surface area contributed by atoms with E-state index in [0.717, 1.165) is 5.69 Å². The van der Waals surface area contributed by atoms with Crippen molar-refractivity contribution in [2.75, 3.05) is 0 Å². The van der Waals surface area contributed by atoms with Gasteiger partial charge in [-0.1, -0.05) is 0 Å². The molecule has 0 aliphatic heterocycles. The van der Waals surface area contributed by atoms with E-state index in [0.29, 0.717) is 19.3 Å². The van der Waals surface area contributed by atoms with Gasteiger partial charge in [-0.25, -0.2) is 4.98 Å². The van der Waals surface area contributed by atoms with E-state index in [1.807, 2.05) is 19.2 Å². The number of thiazole rings is 1. The average Bonchev–Trinajstić information content (AvgIpc) is 2.76. The van der Waals surface area contributed by atoms with Crippen LogP contribution in [0, 0.1) is 0 Å². The molecule has 0 saturated heterocycles. The van der Waals surface area contributed by atoms with Gasteiger partial charge in [-0.2, -0.15) is 0 Å². The zero-order valence-electron chi connectivity index (χ0n) is 10.6. The summed E-state index contributed by atoms with van der Waals surface area (Å²) in [5, 5.41) is 13.4. The molecule has 2 N–H and O–H groups in total. The Bertz CT molecular complexity index is 401. The van der Waals surface area contributed by atoms with Gasteiger partial charge < -0.3 is 10.4 Å². The van der Waals surface area contributed by atoms with Crippen LogP contribution in [0.5, 0.6) is 0 Å². The predicted octanol–water partition coefficient (Wildman–Crippen LogP) is 1.84. The average molecular weight is 270 g/mol. The minimum absolute atomic E-state index is 0.0549. The number of carbonyl (C=O) groups excluding carboxylic acids is 1. The summed E-state index contributed by atoms with van der Waals surface area (Å²) >= 11 is 1.51. The van der Waals surface area contributed by atoms with Crippen molar-refractivity contribution in [2.24, 2.45) is 0 Å². The lowest BCUT2D eigenvalue weighted by atomic mass is 9.98. The van der Waals surface area contributed by atoms with Gasteiger partial charge in [0.1, 0.15) is 0 Å². The second kappa shape index (κ2) is 6.49. The number of hydrogen-bond donors (Lipinski definition) is 2. The highest BCUT2D eigenvalue weighted by Gasteiger charge is 2.21. The highest BCUT2D eigenvalue weighted by atomic mass is 32.1. The fraction of sp³-hybridized carbons (Fsp3) is 0.583. The molecule has 18 heavy (non-hydrogen) atoms. The zero-order chi connectivity index (χ0) is 13.6. The fourth-order valence-corrected chi connectivity index (χ4v) is 2.12. The first-order chi connectivity index (χ1) is 8.39. The van der Waals surface area contributed by atoms with Crippen molar-refractivity contribution < 1.29 is 14.7 Å². The molecule has 0 saturated carbocycles. The number of aryl methyl sites for hydroxylation is 1. The third-order valence-electron chi connectivity index (χ3n) is 2.53. The number of aromatic nitrogens is 1. The lowest BCUT2D eigenvalue weighted by molar-refractivity contribution is -0.137. The Kier molecular flexibility index (Phi) is 5.27. The summed E-state index contributed by atoms with van der Waals surface area (Å²) in [4.78, 5) is 26.3. The van der Waals surface area contributed by atoms with E-state index in [1.165, 1.54) is 11.3 Å². The maximum atomic E-state index is 11.7. The van der Waals surface area contributed by atoms with Gasteiger partial charge in [0.25, 0.3) is 0 Å². The van der Waals surface area contributed by atoms with E-state index in [-0.39, 0.29) is 12.3 Å². The quantitative estimate of drug-likeness (QED) is 0.792. The Morgan fingerprint density at radius 3 is 2.72 bits per heavy atom. The first-order valence-corrected chi connectivity index (χ1v) is 6.73. The third kappa shape index (κ3) is 5.77. The molecule has 5 nitrogen and oxygen atoms in total. The number of aliphatic carboxylic acids is 1. The summed E-state index contributed by atoms with van der Waals surface area (Å²) in [5.41, 5.74) is 2.17. The molecule has 1 aromatic heterocycles. The van der Waals surface area contributed by atoms with Crippen molar-refractivity contribution in [3.63, 3.8) is 0 Å². The number of carbonyl (C=O) groups is 2. The van der Waals surface area contributed by atoms with Crippen LogP contribution in [0.4, 0.5) is 0 Å². The van der Waals surface area contributed by atoms with Crippen LogP contribution in [0.15, 0.2) is 10.9 Å². The standard InChI is InChI=1S/C12H18N2O3S/c1-12(2,6-5-11(16)17)14-10(15)4-3-9-7-18-8-13-9/h7-8H,3-6H2,1-2H3,(H,14,15)(H,16,17). The summed E-state index contributed by atoms with van der Waals surface area (Å²) in [7, 11) is 0. The lowest BCUT2D eigenvalue weighted by Gasteiger charge is -2.25. The van der Waals surface area contributed by atoms with Gasteiger partial charge in [-0.05, 0) is 26.7 Å². The second-order valence-electron chi connectivity index (χ2n) is 4.81. The van der Waals surface area contributed by atoms with Crippen molar-refractivity contribution in [1.82, 2.24) is 10.3 Å². The SMILES string of the molecule is CC(C)(CCC(=O)O)NC(=O)CCc1cscn1. The largest absolute Gasteiger partial charge is 0.481 e. The molecule has 0 radical (unpaired) electrons. The van der Waals surface area contributed by atoms with E-state index in [1.54, 1.807) is 5.51 Å². The van der Waals surface area contributed by atoms with E-state index < -0.39 is 11.5 Å².